The lowest BCUT2D eigenvalue weighted by molar-refractivity contribution is -0.0211. The molecule has 184 valence electrons. The predicted molar refractivity (Wildman–Crippen MR) is 138 cm³/mol. The van der Waals surface area contributed by atoms with Gasteiger partial charge in [-0.25, -0.2) is 9.50 Å². The van der Waals surface area contributed by atoms with Crippen LogP contribution in [0.2, 0.25) is 0 Å². The third-order valence-electron chi connectivity index (χ3n) is 7.00. The van der Waals surface area contributed by atoms with E-state index >= 15 is 0 Å². The maximum atomic E-state index is 10.7. The highest BCUT2D eigenvalue weighted by molar-refractivity contribution is 5.76. The quantitative estimate of drug-likeness (QED) is 0.418. The second-order valence-corrected chi connectivity index (χ2v) is 10.2. The summed E-state index contributed by atoms with van der Waals surface area (Å²) in [7, 11) is 4.00. The van der Waals surface area contributed by atoms with Gasteiger partial charge in [0.25, 0.3) is 0 Å². The third kappa shape index (κ3) is 4.49. The Bertz CT molecular complexity index is 1310. The minimum atomic E-state index is -0.454. The van der Waals surface area contributed by atoms with Crippen LogP contribution in [0.25, 0.3) is 28.2 Å². The Kier molecular flexibility index (Phi) is 6.44. The van der Waals surface area contributed by atoms with Gasteiger partial charge in [-0.1, -0.05) is 38.1 Å². The van der Waals surface area contributed by atoms with Crippen molar-refractivity contribution < 1.29 is 5.11 Å². The van der Waals surface area contributed by atoms with Crippen molar-refractivity contribution >= 4 is 5.65 Å². The molecule has 4 heterocycles. The van der Waals surface area contributed by atoms with Gasteiger partial charge < -0.3 is 10.0 Å². The molecule has 2 atom stereocenters. The number of nitrogens with zero attached hydrogens (tertiary/aromatic N) is 6. The summed E-state index contributed by atoms with van der Waals surface area (Å²) in [5.74, 6) is 0.289. The fraction of sp³-hybridized carbons (Fsp3) is 0.444. The van der Waals surface area contributed by atoms with E-state index in [0.29, 0.717) is 6.54 Å². The van der Waals surface area contributed by atoms with Crippen LogP contribution in [0.1, 0.15) is 55.3 Å². The van der Waals surface area contributed by atoms with Crippen LogP contribution < -0.4 is 0 Å². The van der Waals surface area contributed by atoms with Gasteiger partial charge in [0.1, 0.15) is 12.6 Å². The molecule has 1 saturated heterocycles. The maximum Gasteiger partial charge on any atom is 0.158 e. The second kappa shape index (κ2) is 9.53. The molecule has 0 spiro atoms. The number of hydrogen-bond acceptors (Lipinski definition) is 6. The first kappa shape index (κ1) is 23.7. The number of aromatic amines is 1. The van der Waals surface area contributed by atoms with Gasteiger partial charge in [0.05, 0.1) is 11.4 Å². The Balaban J connectivity index is 1.46. The SMILES string of the molecule is Cc1cc(-c2[nH]nc(-c3ccc(C4CCCN4C(O)CN(C)C)cc3)c2C(C)C)cn2ncnc12. The lowest BCUT2D eigenvalue weighted by atomic mass is 9.93. The zero-order valence-corrected chi connectivity index (χ0v) is 21.2. The molecule has 2 N–H and O–H groups in total. The van der Waals surface area contributed by atoms with Crippen LogP contribution in [0.15, 0.2) is 42.9 Å². The van der Waals surface area contributed by atoms with Gasteiger partial charge >= 0.3 is 0 Å². The van der Waals surface area contributed by atoms with E-state index in [1.165, 1.54) is 11.1 Å². The van der Waals surface area contributed by atoms with Gasteiger partial charge in [-0.15, -0.1) is 0 Å². The number of aliphatic hydroxyl groups is 1. The average Bonchev–Trinajstić information content (AvgIpc) is 3.57. The number of fused-ring (bicyclic) bond motifs is 1. The maximum absolute atomic E-state index is 10.7. The molecule has 35 heavy (non-hydrogen) atoms. The van der Waals surface area contributed by atoms with E-state index in [-0.39, 0.29) is 12.0 Å². The summed E-state index contributed by atoms with van der Waals surface area (Å²) in [5.41, 5.74) is 8.54. The molecule has 2 unspecified atom stereocenters. The Morgan fingerprint density at radius 2 is 1.94 bits per heavy atom. The Labute approximate surface area is 206 Å². The van der Waals surface area contributed by atoms with Crippen molar-refractivity contribution in [2.45, 2.75) is 51.8 Å². The molecule has 0 bridgehead atoms. The number of aromatic nitrogens is 5. The van der Waals surface area contributed by atoms with Crippen LogP contribution in [0.5, 0.6) is 0 Å². The molecular weight excluding hydrogens is 438 g/mol. The second-order valence-electron chi connectivity index (χ2n) is 10.2. The molecule has 8 heteroatoms. The number of nitrogens with one attached hydrogen (secondary N) is 1. The van der Waals surface area contributed by atoms with Gasteiger partial charge in [-0.2, -0.15) is 10.2 Å². The number of pyridine rings is 1. The summed E-state index contributed by atoms with van der Waals surface area (Å²) in [6, 6.07) is 11.1. The topological polar surface area (TPSA) is 85.6 Å². The van der Waals surface area contributed by atoms with Crippen molar-refractivity contribution in [2.24, 2.45) is 0 Å². The first-order valence-electron chi connectivity index (χ1n) is 12.4. The number of aryl methyl sites for hydroxylation is 1. The van der Waals surface area contributed by atoms with E-state index in [1.54, 1.807) is 6.33 Å². The average molecular weight is 474 g/mol. The summed E-state index contributed by atoms with van der Waals surface area (Å²) in [5, 5.41) is 23.1. The lowest BCUT2D eigenvalue weighted by Crippen LogP contribution is -2.41. The molecule has 0 saturated carbocycles. The van der Waals surface area contributed by atoms with Crippen molar-refractivity contribution in [1.29, 1.82) is 0 Å². The highest BCUT2D eigenvalue weighted by Crippen LogP contribution is 2.38. The van der Waals surface area contributed by atoms with Crippen molar-refractivity contribution in [2.75, 3.05) is 27.2 Å². The minimum absolute atomic E-state index is 0.246. The van der Waals surface area contributed by atoms with Crippen LogP contribution in [0.3, 0.4) is 0 Å². The molecule has 1 aromatic carbocycles. The molecule has 0 aliphatic carbocycles. The Morgan fingerprint density at radius 3 is 2.66 bits per heavy atom. The molecule has 4 aromatic rings. The summed E-state index contributed by atoms with van der Waals surface area (Å²) in [6.45, 7) is 8.03. The Hall–Kier alpha value is -3.07. The van der Waals surface area contributed by atoms with Gasteiger partial charge in [0, 0.05) is 42.0 Å². The summed E-state index contributed by atoms with van der Waals surface area (Å²) in [6.07, 6.45) is 5.31. The number of rotatable bonds is 7. The van der Waals surface area contributed by atoms with E-state index in [9.17, 15) is 5.11 Å². The fourth-order valence-electron chi connectivity index (χ4n) is 5.38. The molecule has 3 aromatic heterocycles. The smallest absolute Gasteiger partial charge is 0.158 e. The highest BCUT2D eigenvalue weighted by atomic mass is 16.3. The number of hydrogen-bond donors (Lipinski definition) is 2. The zero-order chi connectivity index (χ0) is 24.7. The molecule has 0 radical (unpaired) electrons. The number of aliphatic hydroxyl groups excluding tert-OH is 1. The largest absolute Gasteiger partial charge is 0.377 e. The number of H-pyrrole nitrogens is 1. The van der Waals surface area contributed by atoms with Gasteiger partial charge in [0.15, 0.2) is 5.65 Å². The number of likely N-dealkylation sites (tertiary alicyclic amines) is 1. The van der Waals surface area contributed by atoms with Crippen LogP contribution in [0.4, 0.5) is 0 Å². The zero-order valence-electron chi connectivity index (χ0n) is 21.2. The molecular formula is C27H35N7O. The fourth-order valence-corrected chi connectivity index (χ4v) is 5.38. The molecule has 1 aliphatic heterocycles. The van der Waals surface area contributed by atoms with E-state index in [1.807, 2.05) is 29.7 Å². The summed E-state index contributed by atoms with van der Waals surface area (Å²) < 4.78 is 1.82. The van der Waals surface area contributed by atoms with E-state index in [4.69, 9.17) is 5.10 Å². The third-order valence-corrected chi connectivity index (χ3v) is 7.00. The highest BCUT2D eigenvalue weighted by Gasteiger charge is 2.31. The van der Waals surface area contributed by atoms with Crippen molar-refractivity contribution in [3.8, 4) is 22.5 Å². The number of likely N-dealkylation sites (N-methyl/N-ethyl adjacent to an activating group) is 1. The normalized spacial score (nSPS) is 17.8. The van der Waals surface area contributed by atoms with Crippen LogP contribution in [0, 0.1) is 6.92 Å². The first-order valence-corrected chi connectivity index (χ1v) is 12.4. The summed E-state index contributed by atoms with van der Waals surface area (Å²) in [4.78, 5) is 8.60. The van der Waals surface area contributed by atoms with Crippen molar-refractivity contribution in [3.05, 3.63) is 59.5 Å². The van der Waals surface area contributed by atoms with Crippen LogP contribution in [-0.2, 0) is 0 Å². The Morgan fingerprint density at radius 1 is 1.17 bits per heavy atom. The van der Waals surface area contributed by atoms with Gasteiger partial charge in [-0.05, 0) is 57.0 Å². The van der Waals surface area contributed by atoms with Crippen LogP contribution in [-0.4, -0.2) is 73.1 Å². The van der Waals surface area contributed by atoms with Crippen LogP contribution >= 0.6 is 0 Å². The number of benzene rings is 1. The molecule has 0 amide bonds. The standard InChI is InChI=1S/C27H35N7O/c1-17(2)24-25(30-31-26(24)21-13-18(3)27-28-16-29-34(27)14-21)20-10-8-19(9-11-20)22-7-6-12-33(22)23(35)15-32(4)5/h8-11,13-14,16-17,22-23,35H,6-7,12,15H2,1-5H3,(H,30,31). The lowest BCUT2D eigenvalue weighted by Gasteiger charge is -2.31. The minimum Gasteiger partial charge on any atom is -0.377 e. The van der Waals surface area contributed by atoms with Gasteiger partial charge in [-0.3, -0.25) is 10.00 Å². The van der Waals surface area contributed by atoms with E-state index < -0.39 is 6.23 Å². The monoisotopic (exact) mass is 473 g/mol. The molecule has 8 nitrogen and oxygen atoms in total. The predicted octanol–water partition coefficient (Wildman–Crippen LogP) is 4.24. The molecule has 1 fully saturated rings. The van der Waals surface area contributed by atoms with Gasteiger partial charge in [0.2, 0.25) is 0 Å². The van der Waals surface area contributed by atoms with Crippen molar-refractivity contribution in [1.82, 2.24) is 34.6 Å². The summed E-state index contributed by atoms with van der Waals surface area (Å²) >= 11 is 0. The van der Waals surface area contributed by atoms with Crippen molar-refractivity contribution in [3.63, 3.8) is 0 Å². The molecule has 1 aliphatic rings. The van der Waals surface area contributed by atoms with E-state index in [0.717, 1.165) is 53.1 Å². The first-order chi connectivity index (χ1) is 16.8. The molecule has 5 rings (SSSR count). The van der Waals surface area contributed by atoms with E-state index in [2.05, 4.69) is 71.2 Å².